The van der Waals surface area contributed by atoms with E-state index in [2.05, 4.69) is 5.32 Å². The lowest BCUT2D eigenvalue weighted by Crippen LogP contribution is -2.36. The maximum Gasteiger partial charge on any atom is 0.326 e. The van der Waals surface area contributed by atoms with E-state index in [9.17, 15) is 9.59 Å². The molecule has 0 saturated heterocycles. The molecule has 6 heteroatoms. The van der Waals surface area contributed by atoms with Crippen molar-refractivity contribution in [3.05, 3.63) is 0 Å². The molecule has 1 unspecified atom stereocenters. The normalized spacial score (nSPS) is 13.1. The third kappa shape index (κ3) is 10.1. The van der Waals surface area contributed by atoms with Gasteiger partial charge in [0, 0.05) is 5.75 Å². The van der Waals surface area contributed by atoms with Gasteiger partial charge >= 0.3 is 5.97 Å². The topological polar surface area (TPSA) is 75.6 Å². The molecule has 0 aromatic heterocycles. The van der Waals surface area contributed by atoms with Crippen LogP contribution < -0.4 is 5.32 Å². The van der Waals surface area contributed by atoms with E-state index < -0.39 is 12.0 Å². The van der Waals surface area contributed by atoms with Gasteiger partial charge in [0.1, 0.15) is 6.04 Å². The molecule has 0 fully saturated rings. The molecule has 0 aliphatic rings. The minimum absolute atomic E-state index is 0.136. The maximum absolute atomic E-state index is 10.7. The fourth-order valence-electron chi connectivity index (χ4n) is 1.07. The molecule has 0 radical (unpaired) electrons. The first kappa shape index (κ1) is 16.2. The number of carboxylic acids is 1. The Morgan fingerprint density at radius 3 is 2.59 bits per heavy atom. The third-order valence-corrected chi connectivity index (χ3v) is 2.86. The predicted octanol–water partition coefficient (Wildman–Crippen LogP) is 1.12. The summed E-state index contributed by atoms with van der Waals surface area (Å²) in [6.07, 6.45) is 0.848. The molecular weight excluding hydrogens is 242 g/mol. The fraction of sp³-hybridized carbons (Fsp3) is 0.818. The molecule has 0 saturated carbocycles. The number of hydrogen-bond acceptors (Lipinski definition) is 4. The molecule has 2 N–H and O–H groups in total. The van der Waals surface area contributed by atoms with Crippen molar-refractivity contribution in [2.24, 2.45) is 0 Å². The standard InChI is InChI=1S/C11H21NO4S/c1-11(2,3)16-5-7-17-6-4-9(10(14)15)12-8-13/h8-9H,4-7H2,1-3H3,(H,12,13)(H,14,15). The quantitative estimate of drug-likeness (QED) is 0.481. The molecule has 0 heterocycles. The second kappa shape index (κ2) is 8.36. The van der Waals surface area contributed by atoms with Gasteiger partial charge in [0.25, 0.3) is 0 Å². The van der Waals surface area contributed by atoms with Crippen LogP contribution in [0.1, 0.15) is 27.2 Å². The van der Waals surface area contributed by atoms with E-state index in [0.29, 0.717) is 25.2 Å². The smallest absolute Gasteiger partial charge is 0.326 e. The Morgan fingerprint density at radius 2 is 2.12 bits per heavy atom. The van der Waals surface area contributed by atoms with E-state index in [1.807, 2.05) is 20.8 Å². The lowest BCUT2D eigenvalue weighted by molar-refractivity contribution is -0.140. The van der Waals surface area contributed by atoms with Crippen LogP contribution in [-0.2, 0) is 14.3 Å². The highest BCUT2D eigenvalue weighted by molar-refractivity contribution is 7.99. The van der Waals surface area contributed by atoms with Gasteiger partial charge in [-0.3, -0.25) is 4.79 Å². The molecular formula is C11H21NO4S. The Bertz CT molecular complexity index is 240. The van der Waals surface area contributed by atoms with Gasteiger partial charge in [-0.05, 0) is 32.9 Å². The van der Waals surface area contributed by atoms with Crippen LogP contribution in [0.3, 0.4) is 0 Å². The van der Waals surface area contributed by atoms with E-state index in [-0.39, 0.29) is 5.60 Å². The zero-order chi connectivity index (χ0) is 13.3. The van der Waals surface area contributed by atoms with E-state index >= 15 is 0 Å². The number of carbonyl (C=O) groups excluding carboxylic acids is 1. The number of amides is 1. The summed E-state index contributed by atoms with van der Waals surface area (Å²) in [6.45, 7) is 6.62. The van der Waals surface area contributed by atoms with Crippen molar-refractivity contribution in [1.29, 1.82) is 0 Å². The van der Waals surface area contributed by atoms with Gasteiger partial charge < -0.3 is 15.2 Å². The Morgan fingerprint density at radius 1 is 1.47 bits per heavy atom. The second-order valence-corrected chi connectivity index (χ2v) is 5.76. The van der Waals surface area contributed by atoms with Crippen molar-refractivity contribution in [1.82, 2.24) is 5.32 Å². The van der Waals surface area contributed by atoms with Gasteiger partial charge in [0.2, 0.25) is 6.41 Å². The lowest BCUT2D eigenvalue weighted by atomic mass is 10.2. The Balaban J connectivity index is 3.55. The van der Waals surface area contributed by atoms with Gasteiger partial charge in [-0.15, -0.1) is 0 Å². The first-order valence-electron chi connectivity index (χ1n) is 5.51. The Labute approximate surface area is 106 Å². The molecule has 0 aromatic rings. The van der Waals surface area contributed by atoms with Crippen LogP contribution in [0.4, 0.5) is 0 Å². The van der Waals surface area contributed by atoms with Crippen LogP contribution in [0, 0.1) is 0 Å². The number of rotatable bonds is 9. The molecule has 0 aliphatic heterocycles. The minimum atomic E-state index is -0.997. The fourth-order valence-corrected chi connectivity index (χ4v) is 1.88. The number of nitrogens with one attached hydrogen (secondary N) is 1. The number of ether oxygens (including phenoxy) is 1. The number of hydrogen-bond donors (Lipinski definition) is 2. The first-order chi connectivity index (χ1) is 7.87. The van der Waals surface area contributed by atoms with Crippen LogP contribution >= 0.6 is 11.8 Å². The zero-order valence-corrected chi connectivity index (χ0v) is 11.4. The summed E-state index contributed by atoms with van der Waals surface area (Å²) in [5.74, 6) is 0.513. The molecule has 0 aliphatic carbocycles. The third-order valence-electron chi connectivity index (χ3n) is 1.88. The summed E-state index contributed by atoms with van der Waals surface area (Å²) >= 11 is 1.62. The first-order valence-corrected chi connectivity index (χ1v) is 6.66. The SMILES string of the molecule is CC(C)(C)OCCSCCC(NC=O)C(=O)O. The second-order valence-electron chi connectivity index (χ2n) is 4.54. The molecule has 0 aromatic carbocycles. The number of aliphatic carboxylic acids is 1. The van der Waals surface area contributed by atoms with Crippen LogP contribution in [0.2, 0.25) is 0 Å². The summed E-state index contributed by atoms with van der Waals surface area (Å²) in [7, 11) is 0. The van der Waals surface area contributed by atoms with Crippen molar-refractivity contribution in [3.63, 3.8) is 0 Å². The molecule has 5 nitrogen and oxygen atoms in total. The van der Waals surface area contributed by atoms with Crippen LogP contribution in [0.25, 0.3) is 0 Å². The molecule has 1 atom stereocenters. The molecule has 100 valence electrons. The van der Waals surface area contributed by atoms with Gasteiger partial charge in [-0.1, -0.05) is 0 Å². The highest BCUT2D eigenvalue weighted by Crippen LogP contribution is 2.10. The minimum Gasteiger partial charge on any atom is -0.480 e. The largest absolute Gasteiger partial charge is 0.480 e. The zero-order valence-electron chi connectivity index (χ0n) is 10.6. The van der Waals surface area contributed by atoms with Gasteiger partial charge in [0.05, 0.1) is 12.2 Å². The average Bonchev–Trinajstić information content (AvgIpc) is 2.19. The van der Waals surface area contributed by atoms with Crippen molar-refractivity contribution in [2.45, 2.75) is 38.8 Å². The van der Waals surface area contributed by atoms with Gasteiger partial charge in [-0.25, -0.2) is 4.79 Å². The van der Waals surface area contributed by atoms with Crippen LogP contribution in [-0.4, -0.2) is 47.2 Å². The summed E-state index contributed by atoms with van der Waals surface area (Å²) < 4.78 is 5.52. The van der Waals surface area contributed by atoms with E-state index in [4.69, 9.17) is 9.84 Å². The molecule has 0 rings (SSSR count). The summed E-state index contributed by atoms with van der Waals surface area (Å²) in [5.41, 5.74) is -0.136. The van der Waals surface area contributed by atoms with Crippen molar-refractivity contribution in [2.75, 3.05) is 18.1 Å². The molecule has 17 heavy (non-hydrogen) atoms. The van der Waals surface area contributed by atoms with Crippen molar-refractivity contribution in [3.8, 4) is 0 Å². The highest BCUT2D eigenvalue weighted by atomic mass is 32.2. The maximum atomic E-state index is 10.7. The summed E-state index contributed by atoms with van der Waals surface area (Å²) in [4.78, 5) is 20.8. The summed E-state index contributed by atoms with van der Waals surface area (Å²) in [5, 5.41) is 11.0. The molecule has 0 bridgehead atoms. The van der Waals surface area contributed by atoms with Crippen molar-refractivity contribution >= 4 is 24.1 Å². The Hall–Kier alpha value is -0.750. The number of carbonyl (C=O) groups is 2. The van der Waals surface area contributed by atoms with E-state index in [0.717, 1.165) is 5.75 Å². The van der Waals surface area contributed by atoms with E-state index in [1.165, 1.54) is 0 Å². The summed E-state index contributed by atoms with van der Waals surface area (Å²) in [6, 6.07) is -0.788. The highest BCUT2D eigenvalue weighted by Gasteiger charge is 2.15. The van der Waals surface area contributed by atoms with Crippen LogP contribution in [0.15, 0.2) is 0 Å². The van der Waals surface area contributed by atoms with Gasteiger partial charge in [-0.2, -0.15) is 11.8 Å². The van der Waals surface area contributed by atoms with Crippen molar-refractivity contribution < 1.29 is 19.4 Å². The Kier molecular flexibility index (Phi) is 7.99. The predicted molar refractivity (Wildman–Crippen MR) is 68.3 cm³/mol. The number of thioether (sulfide) groups is 1. The molecule has 1 amide bonds. The number of carboxylic acid groups (broad SMARTS) is 1. The average molecular weight is 263 g/mol. The van der Waals surface area contributed by atoms with Crippen LogP contribution in [0.5, 0.6) is 0 Å². The monoisotopic (exact) mass is 263 g/mol. The van der Waals surface area contributed by atoms with Gasteiger partial charge in [0.15, 0.2) is 0 Å². The lowest BCUT2D eigenvalue weighted by Gasteiger charge is -2.19. The van der Waals surface area contributed by atoms with E-state index in [1.54, 1.807) is 11.8 Å². The molecule has 0 spiro atoms.